The van der Waals surface area contributed by atoms with Gasteiger partial charge in [-0.3, -0.25) is 0 Å². The Labute approximate surface area is 309 Å². The Morgan fingerprint density at radius 3 is 1.45 bits per heavy atom. The first-order valence-corrected chi connectivity index (χ1v) is 17.8. The van der Waals surface area contributed by atoms with Crippen molar-refractivity contribution in [1.82, 2.24) is 4.57 Å². The molecule has 1 aromatic heterocycles. The lowest BCUT2D eigenvalue weighted by atomic mass is 10.0. The lowest BCUT2D eigenvalue weighted by molar-refractivity contribution is 1.17. The van der Waals surface area contributed by atoms with Crippen LogP contribution in [0.2, 0.25) is 0 Å². The Morgan fingerprint density at radius 1 is 0.434 bits per heavy atom. The van der Waals surface area contributed by atoms with Crippen molar-refractivity contribution in [2.45, 2.75) is 0 Å². The van der Waals surface area contributed by atoms with E-state index in [1.165, 1.54) is 28.5 Å². The number of nitrogens with one attached hydrogen (secondary N) is 2. The summed E-state index contributed by atoms with van der Waals surface area (Å²) in [5.41, 5.74) is 13.9. The summed E-state index contributed by atoms with van der Waals surface area (Å²) in [6.45, 7) is 0. The molecule has 0 spiro atoms. The zero-order valence-corrected chi connectivity index (χ0v) is 29.0. The lowest BCUT2D eigenvalue weighted by Gasteiger charge is -2.26. The highest BCUT2D eigenvalue weighted by Gasteiger charge is 2.17. The highest BCUT2D eigenvalue weighted by molar-refractivity contribution is 6.12. The minimum absolute atomic E-state index is 0.825. The molecule has 0 atom stereocenters. The molecule has 0 aliphatic rings. The van der Waals surface area contributed by atoms with Gasteiger partial charge in [0.15, 0.2) is 0 Å². The van der Waals surface area contributed by atoms with Crippen molar-refractivity contribution in [2.24, 2.45) is 0 Å². The highest BCUT2D eigenvalue weighted by atomic mass is 15.1. The number of nitrogens with zero attached hydrogens (tertiary/aromatic N) is 2. The number of rotatable bonds is 9. The van der Waals surface area contributed by atoms with Crippen molar-refractivity contribution in [3.8, 4) is 27.9 Å². The Bertz CT molecular complexity index is 2580. The summed E-state index contributed by atoms with van der Waals surface area (Å²) >= 11 is 0. The molecule has 0 saturated carbocycles. The monoisotopic (exact) mass is 680 g/mol. The fourth-order valence-electron chi connectivity index (χ4n) is 7.28. The highest BCUT2D eigenvalue weighted by Crippen LogP contribution is 2.39. The van der Waals surface area contributed by atoms with Gasteiger partial charge in [0, 0.05) is 56.7 Å². The molecule has 9 aromatic rings. The number of hydrogen-bond acceptors (Lipinski definition) is 3. The molecule has 53 heavy (non-hydrogen) atoms. The maximum Gasteiger partial charge on any atom is 0.0549 e. The zero-order chi connectivity index (χ0) is 35.6. The van der Waals surface area contributed by atoms with Crippen LogP contribution in [0.3, 0.4) is 0 Å². The molecule has 0 radical (unpaired) electrons. The maximum absolute atomic E-state index is 8.32. The molecule has 4 nitrogen and oxygen atoms in total. The second kappa shape index (κ2) is 13.9. The molecular weight excluding hydrogens is 645 g/mol. The number of para-hydroxylation sites is 2. The van der Waals surface area contributed by atoms with Gasteiger partial charge in [-0.05, 0) is 101 Å². The van der Waals surface area contributed by atoms with Crippen LogP contribution in [-0.4, -0.2) is 10.8 Å². The van der Waals surface area contributed by atoms with Gasteiger partial charge in [-0.1, -0.05) is 121 Å². The Morgan fingerprint density at radius 2 is 0.906 bits per heavy atom. The SMILES string of the molecule is N=Cc1cc2c(cc1Nc1ccccc1)c1ccccc1n2-c1ccc(N(c2ccc(-c3ccccc3)cc2)c2ccc(-c3ccccc3)cc2)cc1. The number of hydrogen-bond donors (Lipinski definition) is 2. The van der Waals surface area contributed by atoms with Crippen LogP contribution in [-0.2, 0) is 0 Å². The van der Waals surface area contributed by atoms with Crippen LogP contribution < -0.4 is 10.2 Å². The largest absolute Gasteiger partial charge is 0.355 e. The van der Waals surface area contributed by atoms with E-state index in [0.717, 1.165) is 61.5 Å². The van der Waals surface area contributed by atoms with E-state index in [1.807, 2.05) is 30.3 Å². The topological polar surface area (TPSA) is 44.1 Å². The van der Waals surface area contributed by atoms with E-state index in [2.05, 4.69) is 185 Å². The molecule has 0 bridgehead atoms. The van der Waals surface area contributed by atoms with Crippen LogP contribution in [0.15, 0.2) is 200 Å². The molecule has 0 amide bonds. The molecule has 0 unspecified atom stereocenters. The first-order valence-electron chi connectivity index (χ1n) is 17.8. The molecule has 252 valence electrons. The molecule has 4 heteroatoms. The van der Waals surface area contributed by atoms with Crippen molar-refractivity contribution in [1.29, 1.82) is 5.41 Å². The molecule has 0 fully saturated rings. The third kappa shape index (κ3) is 6.13. The second-order valence-corrected chi connectivity index (χ2v) is 13.1. The average Bonchev–Trinajstić information content (AvgIpc) is 3.55. The molecule has 9 rings (SSSR count). The predicted molar refractivity (Wildman–Crippen MR) is 224 cm³/mol. The number of fused-ring (bicyclic) bond motifs is 3. The Balaban J connectivity index is 1.13. The molecule has 1 heterocycles. The van der Waals surface area contributed by atoms with E-state index in [0.29, 0.717) is 0 Å². The van der Waals surface area contributed by atoms with Crippen molar-refractivity contribution in [3.05, 3.63) is 206 Å². The molecule has 2 N–H and O–H groups in total. The third-order valence-corrected chi connectivity index (χ3v) is 9.88. The van der Waals surface area contributed by atoms with Crippen molar-refractivity contribution >= 4 is 56.5 Å². The summed E-state index contributed by atoms with van der Waals surface area (Å²) in [6, 6.07) is 70.4. The van der Waals surface area contributed by atoms with Gasteiger partial charge in [-0.15, -0.1) is 0 Å². The van der Waals surface area contributed by atoms with E-state index in [1.54, 1.807) is 0 Å². The normalized spacial score (nSPS) is 11.1. The number of anilines is 5. The summed E-state index contributed by atoms with van der Waals surface area (Å²) in [5.74, 6) is 0. The molecule has 0 aliphatic carbocycles. The van der Waals surface area contributed by atoms with Crippen LogP contribution in [0.4, 0.5) is 28.4 Å². The van der Waals surface area contributed by atoms with Gasteiger partial charge in [0.25, 0.3) is 0 Å². The van der Waals surface area contributed by atoms with Crippen molar-refractivity contribution in [3.63, 3.8) is 0 Å². The summed E-state index contributed by atoms with van der Waals surface area (Å²) in [6.07, 6.45) is 1.43. The molecule has 0 saturated heterocycles. The van der Waals surface area contributed by atoms with E-state index in [-0.39, 0.29) is 0 Å². The fourth-order valence-corrected chi connectivity index (χ4v) is 7.28. The quantitative estimate of drug-likeness (QED) is 0.149. The fraction of sp³-hybridized carbons (Fsp3) is 0. The summed E-state index contributed by atoms with van der Waals surface area (Å²) < 4.78 is 2.31. The van der Waals surface area contributed by atoms with Crippen molar-refractivity contribution < 1.29 is 0 Å². The minimum atomic E-state index is 0.825. The van der Waals surface area contributed by atoms with E-state index >= 15 is 0 Å². The van der Waals surface area contributed by atoms with Crippen LogP contribution in [0.1, 0.15) is 5.56 Å². The van der Waals surface area contributed by atoms with Gasteiger partial charge in [0.1, 0.15) is 0 Å². The summed E-state index contributed by atoms with van der Waals surface area (Å²) in [5, 5.41) is 14.2. The Hall–Kier alpha value is -7.17. The van der Waals surface area contributed by atoms with Gasteiger partial charge in [0.05, 0.1) is 11.0 Å². The first kappa shape index (κ1) is 31.8. The van der Waals surface area contributed by atoms with Gasteiger partial charge in [0.2, 0.25) is 0 Å². The number of aromatic nitrogens is 1. The molecular formula is C49H36N4. The van der Waals surface area contributed by atoms with Crippen LogP contribution >= 0.6 is 0 Å². The predicted octanol–water partition coefficient (Wildman–Crippen LogP) is 13.3. The van der Waals surface area contributed by atoms with E-state index in [4.69, 9.17) is 5.41 Å². The van der Waals surface area contributed by atoms with Gasteiger partial charge < -0.3 is 20.2 Å². The standard InChI is InChI=1S/C49H36N4/c50-34-39-32-49-46(33-47(39)51-40-16-8-3-9-17-40)45-18-10-11-19-48(45)53(49)44-30-28-43(29-31-44)52(41-24-20-37(21-25-41)35-12-4-1-5-13-35)42-26-22-38(23-27-42)36-14-6-2-7-15-36/h1-34,50-51H. The average molecular weight is 681 g/mol. The third-order valence-electron chi connectivity index (χ3n) is 9.88. The molecule has 0 aliphatic heterocycles. The first-order chi connectivity index (χ1) is 26.2. The summed E-state index contributed by atoms with van der Waals surface area (Å²) in [4.78, 5) is 2.31. The van der Waals surface area contributed by atoms with Crippen LogP contribution in [0.25, 0.3) is 49.7 Å². The van der Waals surface area contributed by atoms with Crippen molar-refractivity contribution in [2.75, 3.05) is 10.2 Å². The van der Waals surface area contributed by atoms with Crippen LogP contribution in [0.5, 0.6) is 0 Å². The van der Waals surface area contributed by atoms with Gasteiger partial charge in [-0.2, -0.15) is 0 Å². The number of benzene rings is 8. The smallest absolute Gasteiger partial charge is 0.0549 e. The second-order valence-electron chi connectivity index (χ2n) is 13.1. The minimum Gasteiger partial charge on any atom is -0.355 e. The van der Waals surface area contributed by atoms with E-state index in [9.17, 15) is 0 Å². The zero-order valence-electron chi connectivity index (χ0n) is 29.0. The maximum atomic E-state index is 8.32. The molecule has 8 aromatic carbocycles. The Kier molecular flexibility index (Phi) is 8.31. The lowest BCUT2D eigenvalue weighted by Crippen LogP contribution is -2.10. The van der Waals surface area contributed by atoms with Crippen LogP contribution in [0, 0.1) is 5.41 Å². The summed E-state index contributed by atoms with van der Waals surface area (Å²) in [7, 11) is 0. The van der Waals surface area contributed by atoms with Gasteiger partial charge in [-0.25, -0.2) is 0 Å². The van der Waals surface area contributed by atoms with Gasteiger partial charge >= 0.3 is 0 Å². The van der Waals surface area contributed by atoms with E-state index < -0.39 is 0 Å².